The van der Waals surface area contributed by atoms with Gasteiger partial charge >= 0.3 is 5.97 Å². The van der Waals surface area contributed by atoms with Crippen LogP contribution in [0.4, 0.5) is 5.69 Å². The number of carbonyl (C=O) groups is 3. The normalized spacial score (nSPS) is 18.9. The Labute approximate surface area is 164 Å². The molecule has 1 aliphatic heterocycles. The molecule has 6 heteroatoms. The van der Waals surface area contributed by atoms with Crippen LogP contribution in [0.5, 0.6) is 0 Å². The van der Waals surface area contributed by atoms with E-state index in [-0.39, 0.29) is 24.3 Å². The van der Waals surface area contributed by atoms with Gasteiger partial charge in [0.2, 0.25) is 0 Å². The highest BCUT2D eigenvalue weighted by atomic mass is 16.4. The van der Waals surface area contributed by atoms with E-state index in [0.717, 1.165) is 0 Å². The van der Waals surface area contributed by atoms with Gasteiger partial charge in [0, 0.05) is 29.9 Å². The first-order valence-corrected chi connectivity index (χ1v) is 9.32. The van der Waals surface area contributed by atoms with Crippen molar-refractivity contribution in [2.24, 2.45) is 11.3 Å². The molecule has 1 aliphatic rings. The van der Waals surface area contributed by atoms with Crippen molar-refractivity contribution >= 4 is 23.5 Å². The van der Waals surface area contributed by atoms with E-state index in [2.05, 4.69) is 5.32 Å². The predicted octanol–water partition coefficient (Wildman–Crippen LogP) is 3.51. The zero-order valence-corrected chi connectivity index (χ0v) is 16.0. The number of hydrogen-bond donors (Lipinski definition) is 2. The van der Waals surface area contributed by atoms with E-state index in [9.17, 15) is 19.5 Å². The molecule has 3 rings (SSSR count). The Bertz CT molecular complexity index is 877. The third kappa shape index (κ3) is 3.76. The number of aliphatic carboxylic acids is 1. The van der Waals surface area contributed by atoms with Gasteiger partial charge in [-0.3, -0.25) is 14.4 Å². The first-order chi connectivity index (χ1) is 13.3. The van der Waals surface area contributed by atoms with Crippen LogP contribution in [-0.2, 0) is 4.79 Å². The number of rotatable bonds is 5. The molecule has 0 saturated carbocycles. The van der Waals surface area contributed by atoms with Crippen LogP contribution < -0.4 is 5.32 Å². The maximum Gasteiger partial charge on any atom is 0.311 e. The van der Waals surface area contributed by atoms with Crippen LogP contribution in [0, 0.1) is 11.3 Å². The zero-order valence-electron chi connectivity index (χ0n) is 16.0. The molecule has 0 aliphatic carbocycles. The Balaban J connectivity index is 1.69. The molecule has 28 heavy (non-hydrogen) atoms. The Morgan fingerprint density at radius 1 is 1.00 bits per heavy atom. The summed E-state index contributed by atoms with van der Waals surface area (Å²) in [6.07, 6.45) is 0.448. The fourth-order valence-corrected chi connectivity index (χ4v) is 3.57. The van der Waals surface area contributed by atoms with Crippen LogP contribution in [0.3, 0.4) is 0 Å². The Hall–Kier alpha value is -3.15. The summed E-state index contributed by atoms with van der Waals surface area (Å²) in [5.74, 6) is -1.38. The number of anilines is 1. The van der Waals surface area contributed by atoms with Gasteiger partial charge in [0.15, 0.2) is 0 Å². The first kappa shape index (κ1) is 19.6. The van der Waals surface area contributed by atoms with Crippen molar-refractivity contribution in [3.05, 3.63) is 65.7 Å². The highest BCUT2D eigenvalue weighted by molar-refractivity contribution is 6.05. The number of hydrogen-bond acceptors (Lipinski definition) is 3. The number of para-hydroxylation sites is 1. The number of carbonyl (C=O) groups excluding carboxylic acids is 2. The molecule has 2 N–H and O–H groups in total. The molecule has 0 spiro atoms. The molecule has 0 aromatic heterocycles. The second kappa shape index (κ2) is 7.84. The highest BCUT2D eigenvalue weighted by Gasteiger charge is 2.48. The molecule has 1 saturated heterocycles. The van der Waals surface area contributed by atoms with E-state index in [1.54, 1.807) is 41.3 Å². The van der Waals surface area contributed by atoms with Crippen molar-refractivity contribution in [1.29, 1.82) is 0 Å². The summed E-state index contributed by atoms with van der Waals surface area (Å²) in [5.41, 5.74) is 0.694. The number of amides is 2. The van der Waals surface area contributed by atoms with E-state index in [4.69, 9.17) is 0 Å². The van der Waals surface area contributed by atoms with E-state index in [1.165, 1.54) is 0 Å². The molecule has 1 fully saturated rings. The third-order valence-electron chi connectivity index (χ3n) is 5.54. The van der Waals surface area contributed by atoms with Crippen molar-refractivity contribution in [2.75, 3.05) is 18.4 Å². The molecular formula is C22H24N2O4. The first-order valence-electron chi connectivity index (χ1n) is 9.32. The average molecular weight is 380 g/mol. The zero-order chi connectivity index (χ0) is 20.3. The number of carboxylic acid groups (broad SMARTS) is 1. The van der Waals surface area contributed by atoms with Crippen molar-refractivity contribution in [3.63, 3.8) is 0 Å². The molecule has 2 amide bonds. The minimum Gasteiger partial charge on any atom is -0.481 e. The molecule has 6 nitrogen and oxygen atoms in total. The Kier molecular flexibility index (Phi) is 5.49. The summed E-state index contributed by atoms with van der Waals surface area (Å²) in [4.78, 5) is 38.4. The second-order valence-corrected chi connectivity index (χ2v) is 7.49. The van der Waals surface area contributed by atoms with Crippen LogP contribution in [0.15, 0.2) is 54.6 Å². The van der Waals surface area contributed by atoms with Gasteiger partial charge < -0.3 is 15.3 Å². The summed E-state index contributed by atoms with van der Waals surface area (Å²) in [6, 6.07) is 15.6. The van der Waals surface area contributed by atoms with Gasteiger partial charge in [-0.05, 0) is 48.7 Å². The SMILES string of the molecule is CC(C)C1(C(=O)O)CCN(C(=O)c2ccc(C(=O)Nc3ccccc3)cc2)C1. The quantitative estimate of drug-likeness (QED) is 0.831. The van der Waals surface area contributed by atoms with Crippen LogP contribution in [0.2, 0.25) is 0 Å². The predicted molar refractivity (Wildman–Crippen MR) is 106 cm³/mol. The summed E-state index contributed by atoms with van der Waals surface area (Å²) in [6.45, 7) is 4.37. The van der Waals surface area contributed by atoms with Crippen molar-refractivity contribution in [2.45, 2.75) is 20.3 Å². The van der Waals surface area contributed by atoms with Gasteiger partial charge in [-0.25, -0.2) is 0 Å². The molecule has 2 aromatic carbocycles. The standard InChI is InChI=1S/C22H24N2O4/c1-15(2)22(21(27)28)12-13-24(14-22)20(26)17-10-8-16(9-11-17)19(25)23-18-6-4-3-5-7-18/h3-11,15H,12-14H2,1-2H3,(H,23,25)(H,27,28). The van der Waals surface area contributed by atoms with Gasteiger partial charge in [-0.15, -0.1) is 0 Å². The smallest absolute Gasteiger partial charge is 0.311 e. The van der Waals surface area contributed by atoms with E-state index in [1.807, 2.05) is 32.0 Å². The van der Waals surface area contributed by atoms with Crippen LogP contribution in [0.1, 0.15) is 41.0 Å². The highest BCUT2D eigenvalue weighted by Crippen LogP contribution is 2.38. The molecule has 0 bridgehead atoms. The van der Waals surface area contributed by atoms with Crippen molar-refractivity contribution in [3.8, 4) is 0 Å². The summed E-state index contributed by atoms with van der Waals surface area (Å²) >= 11 is 0. The van der Waals surface area contributed by atoms with E-state index >= 15 is 0 Å². The maximum absolute atomic E-state index is 12.8. The Morgan fingerprint density at radius 2 is 1.61 bits per heavy atom. The molecule has 1 heterocycles. The molecule has 146 valence electrons. The van der Waals surface area contributed by atoms with Crippen molar-refractivity contribution in [1.82, 2.24) is 4.90 Å². The maximum atomic E-state index is 12.8. The van der Waals surface area contributed by atoms with Crippen LogP contribution in [-0.4, -0.2) is 40.9 Å². The van der Waals surface area contributed by atoms with Crippen LogP contribution in [0.25, 0.3) is 0 Å². The van der Waals surface area contributed by atoms with Gasteiger partial charge in [-0.2, -0.15) is 0 Å². The monoisotopic (exact) mass is 380 g/mol. The summed E-state index contributed by atoms with van der Waals surface area (Å²) < 4.78 is 0. The lowest BCUT2D eigenvalue weighted by atomic mass is 9.76. The van der Waals surface area contributed by atoms with E-state index in [0.29, 0.717) is 29.8 Å². The van der Waals surface area contributed by atoms with Crippen molar-refractivity contribution < 1.29 is 19.5 Å². The Morgan fingerprint density at radius 3 is 2.14 bits per heavy atom. The fraction of sp³-hybridized carbons (Fsp3) is 0.318. The molecule has 1 atom stereocenters. The molecular weight excluding hydrogens is 356 g/mol. The lowest BCUT2D eigenvalue weighted by molar-refractivity contribution is -0.150. The van der Waals surface area contributed by atoms with Crippen LogP contribution >= 0.6 is 0 Å². The average Bonchev–Trinajstić information content (AvgIpc) is 3.15. The van der Waals surface area contributed by atoms with E-state index < -0.39 is 11.4 Å². The fourth-order valence-electron chi connectivity index (χ4n) is 3.57. The van der Waals surface area contributed by atoms with Gasteiger partial charge in [0.25, 0.3) is 11.8 Å². The summed E-state index contributed by atoms with van der Waals surface area (Å²) in [7, 11) is 0. The third-order valence-corrected chi connectivity index (χ3v) is 5.54. The molecule has 0 radical (unpaired) electrons. The topological polar surface area (TPSA) is 86.7 Å². The molecule has 1 unspecified atom stereocenters. The second-order valence-electron chi connectivity index (χ2n) is 7.49. The number of nitrogens with one attached hydrogen (secondary N) is 1. The minimum atomic E-state index is -0.898. The molecule has 2 aromatic rings. The number of benzene rings is 2. The number of nitrogens with zero attached hydrogens (tertiary/aromatic N) is 1. The largest absolute Gasteiger partial charge is 0.481 e. The minimum absolute atomic E-state index is 0.0631. The lowest BCUT2D eigenvalue weighted by Gasteiger charge is -2.28. The number of likely N-dealkylation sites (tertiary alicyclic amines) is 1. The van der Waals surface area contributed by atoms with Gasteiger partial charge in [-0.1, -0.05) is 32.0 Å². The number of carboxylic acids is 1. The lowest BCUT2D eigenvalue weighted by Crippen LogP contribution is -2.40. The summed E-state index contributed by atoms with van der Waals surface area (Å²) in [5, 5.41) is 12.4. The van der Waals surface area contributed by atoms with Gasteiger partial charge in [0.05, 0.1) is 5.41 Å². The van der Waals surface area contributed by atoms with Gasteiger partial charge in [0.1, 0.15) is 0 Å².